The molecule has 4 heteroatoms. The molecule has 2 N–H and O–H groups in total. The summed E-state index contributed by atoms with van der Waals surface area (Å²) in [6.07, 6.45) is 1.83. The number of amides is 1. The second-order valence-electron chi connectivity index (χ2n) is 4.50. The van der Waals surface area contributed by atoms with Crippen molar-refractivity contribution in [2.75, 3.05) is 17.7 Å². The number of anilines is 2. The van der Waals surface area contributed by atoms with Crippen molar-refractivity contribution in [1.82, 2.24) is 4.98 Å². The number of aryl methyl sites for hydroxylation is 1. The minimum absolute atomic E-state index is 0.00608. The molecular formula is C15H17N3O. The van der Waals surface area contributed by atoms with Crippen molar-refractivity contribution < 1.29 is 4.79 Å². The van der Waals surface area contributed by atoms with Gasteiger partial charge in [-0.25, -0.2) is 0 Å². The molecule has 0 aliphatic carbocycles. The van der Waals surface area contributed by atoms with Crippen LogP contribution in [0.4, 0.5) is 11.4 Å². The normalized spacial score (nSPS) is 10.2. The van der Waals surface area contributed by atoms with Gasteiger partial charge in [-0.2, -0.15) is 0 Å². The molecule has 0 saturated heterocycles. The summed E-state index contributed by atoms with van der Waals surface area (Å²) >= 11 is 0. The number of rotatable bonds is 3. The Balaban J connectivity index is 2.12. The van der Waals surface area contributed by atoms with Gasteiger partial charge in [0.25, 0.3) is 0 Å². The van der Waals surface area contributed by atoms with E-state index < -0.39 is 0 Å². The first-order chi connectivity index (χ1) is 9.08. The molecule has 19 heavy (non-hydrogen) atoms. The number of aromatic nitrogens is 1. The minimum Gasteiger partial charge on any atom is -0.397 e. The molecule has 4 nitrogen and oxygen atoms in total. The molecule has 0 unspecified atom stereocenters. The van der Waals surface area contributed by atoms with Crippen molar-refractivity contribution in [3.63, 3.8) is 0 Å². The fourth-order valence-corrected chi connectivity index (χ4v) is 1.89. The number of para-hydroxylation sites is 1. The zero-order chi connectivity index (χ0) is 13.8. The highest BCUT2D eigenvalue weighted by Gasteiger charge is 2.13. The van der Waals surface area contributed by atoms with Crippen molar-refractivity contribution in [1.29, 1.82) is 0 Å². The summed E-state index contributed by atoms with van der Waals surface area (Å²) in [5.74, 6) is 0.00608. The third kappa shape index (κ3) is 3.10. The quantitative estimate of drug-likeness (QED) is 0.914. The van der Waals surface area contributed by atoms with E-state index in [0.717, 1.165) is 16.9 Å². The molecule has 1 heterocycles. The molecule has 0 fully saturated rings. The Hall–Kier alpha value is -2.36. The van der Waals surface area contributed by atoms with Crippen LogP contribution in [0.2, 0.25) is 0 Å². The highest BCUT2D eigenvalue weighted by Crippen LogP contribution is 2.18. The summed E-state index contributed by atoms with van der Waals surface area (Å²) < 4.78 is 0. The lowest BCUT2D eigenvalue weighted by Crippen LogP contribution is -2.28. The number of carbonyl (C=O) groups is 1. The van der Waals surface area contributed by atoms with Crippen LogP contribution in [-0.4, -0.2) is 17.9 Å². The zero-order valence-corrected chi connectivity index (χ0v) is 11.1. The first kappa shape index (κ1) is 13.1. The van der Waals surface area contributed by atoms with Crippen LogP contribution in [0.15, 0.2) is 42.6 Å². The highest BCUT2D eigenvalue weighted by atomic mass is 16.2. The third-order valence-electron chi connectivity index (χ3n) is 3.03. The molecule has 98 valence electrons. The van der Waals surface area contributed by atoms with Crippen LogP contribution in [-0.2, 0) is 11.2 Å². The molecule has 0 bridgehead atoms. The molecule has 0 aliphatic heterocycles. The number of hydrogen-bond donors (Lipinski definition) is 1. The maximum atomic E-state index is 12.2. The Morgan fingerprint density at radius 1 is 1.26 bits per heavy atom. The summed E-state index contributed by atoms with van der Waals surface area (Å²) in [7, 11) is 1.78. The minimum atomic E-state index is 0.00608. The predicted molar refractivity (Wildman–Crippen MR) is 76.9 cm³/mol. The van der Waals surface area contributed by atoms with E-state index in [0.29, 0.717) is 5.69 Å². The summed E-state index contributed by atoms with van der Waals surface area (Å²) in [5.41, 5.74) is 8.88. The van der Waals surface area contributed by atoms with Gasteiger partial charge in [-0.15, -0.1) is 0 Å². The SMILES string of the molecule is Cc1ccccc1N(C)C(=O)Cc1ccc(N)cn1. The predicted octanol–water partition coefficient (Wildman–Crippen LogP) is 2.18. The maximum Gasteiger partial charge on any atom is 0.232 e. The summed E-state index contributed by atoms with van der Waals surface area (Å²) in [6, 6.07) is 11.3. The standard InChI is InChI=1S/C15H17N3O/c1-11-5-3-4-6-14(11)18(2)15(19)9-13-8-7-12(16)10-17-13/h3-8,10H,9,16H2,1-2H3. The van der Waals surface area contributed by atoms with Gasteiger partial charge >= 0.3 is 0 Å². The van der Waals surface area contributed by atoms with Crippen molar-refractivity contribution in [2.45, 2.75) is 13.3 Å². The molecule has 2 aromatic rings. The van der Waals surface area contributed by atoms with Crippen molar-refractivity contribution in [2.24, 2.45) is 0 Å². The van der Waals surface area contributed by atoms with Gasteiger partial charge < -0.3 is 10.6 Å². The molecule has 1 aromatic carbocycles. The van der Waals surface area contributed by atoms with E-state index in [1.165, 1.54) is 0 Å². The fraction of sp³-hybridized carbons (Fsp3) is 0.200. The molecule has 0 atom stereocenters. The smallest absolute Gasteiger partial charge is 0.232 e. The van der Waals surface area contributed by atoms with Gasteiger partial charge in [-0.3, -0.25) is 9.78 Å². The molecule has 0 radical (unpaired) electrons. The van der Waals surface area contributed by atoms with Crippen molar-refractivity contribution in [3.8, 4) is 0 Å². The van der Waals surface area contributed by atoms with Crippen LogP contribution < -0.4 is 10.6 Å². The lowest BCUT2D eigenvalue weighted by atomic mass is 10.1. The Labute approximate surface area is 112 Å². The Morgan fingerprint density at radius 3 is 2.63 bits per heavy atom. The van der Waals surface area contributed by atoms with E-state index in [4.69, 9.17) is 5.73 Å². The fourth-order valence-electron chi connectivity index (χ4n) is 1.89. The number of nitrogens with zero attached hydrogens (tertiary/aromatic N) is 2. The number of nitrogens with two attached hydrogens (primary N) is 1. The maximum absolute atomic E-state index is 12.2. The number of hydrogen-bond acceptors (Lipinski definition) is 3. The Kier molecular flexibility index (Phi) is 3.80. The molecule has 0 aliphatic rings. The van der Waals surface area contributed by atoms with Crippen molar-refractivity contribution in [3.05, 3.63) is 53.9 Å². The first-order valence-electron chi connectivity index (χ1n) is 6.10. The number of pyridine rings is 1. The van der Waals surface area contributed by atoms with Gasteiger partial charge in [-0.05, 0) is 30.7 Å². The van der Waals surface area contributed by atoms with Crippen LogP contribution in [0, 0.1) is 6.92 Å². The molecular weight excluding hydrogens is 238 g/mol. The number of nitrogen functional groups attached to an aromatic ring is 1. The van der Waals surface area contributed by atoms with Crippen LogP contribution in [0.5, 0.6) is 0 Å². The van der Waals surface area contributed by atoms with Crippen LogP contribution >= 0.6 is 0 Å². The van der Waals surface area contributed by atoms with Gasteiger partial charge in [0.15, 0.2) is 0 Å². The zero-order valence-electron chi connectivity index (χ0n) is 11.1. The van der Waals surface area contributed by atoms with E-state index in [1.54, 1.807) is 30.3 Å². The largest absolute Gasteiger partial charge is 0.397 e. The van der Waals surface area contributed by atoms with Gasteiger partial charge in [-0.1, -0.05) is 18.2 Å². The van der Waals surface area contributed by atoms with Gasteiger partial charge in [0, 0.05) is 18.4 Å². The summed E-state index contributed by atoms with van der Waals surface area (Å²) in [5, 5.41) is 0. The van der Waals surface area contributed by atoms with E-state index in [1.807, 2.05) is 31.2 Å². The molecule has 0 saturated carbocycles. The highest BCUT2D eigenvalue weighted by molar-refractivity contribution is 5.94. The van der Waals surface area contributed by atoms with E-state index in [9.17, 15) is 4.79 Å². The van der Waals surface area contributed by atoms with E-state index >= 15 is 0 Å². The Morgan fingerprint density at radius 2 is 2.00 bits per heavy atom. The first-order valence-corrected chi connectivity index (χ1v) is 6.10. The summed E-state index contributed by atoms with van der Waals surface area (Å²) in [6.45, 7) is 1.99. The number of likely N-dealkylation sites (N-methyl/N-ethyl adjacent to an activating group) is 1. The van der Waals surface area contributed by atoms with Gasteiger partial charge in [0.1, 0.15) is 0 Å². The van der Waals surface area contributed by atoms with Gasteiger partial charge in [0.05, 0.1) is 18.3 Å². The monoisotopic (exact) mass is 255 g/mol. The van der Waals surface area contributed by atoms with Crippen LogP contribution in [0.25, 0.3) is 0 Å². The van der Waals surface area contributed by atoms with E-state index in [2.05, 4.69) is 4.98 Å². The van der Waals surface area contributed by atoms with Crippen LogP contribution in [0.1, 0.15) is 11.3 Å². The molecule has 1 aromatic heterocycles. The molecule has 0 spiro atoms. The second kappa shape index (κ2) is 5.52. The van der Waals surface area contributed by atoms with Gasteiger partial charge in [0.2, 0.25) is 5.91 Å². The molecule has 2 rings (SSSR count). The molecule has 1 amide bonds. The Bertz CT molecular complexity index is 578. The lowest BCUT2D eigenvalue weighted by molar-refractivity contribution is -0.117. The lowest BCUT2D eigenvalue weighted by Gasteiger charge is -2.19. The third-order valence-corrected chi connectivity index (χ3v) is 3.03. The van der Waals surface area contributed by atoms with E-state index in [-0.39, 0.29) is 12.3 Å². The number of carbonyl (C=O) groups excluding carboxylic acids is 1. The van der Waals surface area contributed by atoms with Crippen LogP contribution in [0.3, 0.4) is 0 Å². The topological polar surface area (TPSA) is 59.2 Å². The second-order valence-corrected chi connectivity index (χ2v) is 4.50. The average Bonchev–Trinajstić information content (AvgIpc) is 2.41. The number of benzene rings is 1. The summed E-state index contributed by atoms with van der Waals surface area (Å²) in [4.78, 5) is 18.0. The average molecular weight is 255 g/mol. The van der Waals surface area contributed by atoms with Crippen molar-refractivity contribution >= 4 is 17.3 Å².